The summed E-state index contributed by atoms with van der Waals surface area (Å²) in [6, 6.07) is 0. The molecular weight excluding hydrogens is 232 g/mol. The van der Waals surface area contributed by atoms with Crippen molar-refractivity contribution in [2.24, 2.45) is 0 Å². The highest BCUT2D eigenvalue weighted by Gasteiger charge is 2.24. The van der Waals surface area contributed by atoms with Gasteiger partial charge in [-0.2, -0.15) is 0 Å². The molecule has 1 aliphatic rings. The molecule has 1 atom stereocenters. The molecule has 0 spiro atoms. The van der Waals surface area contributed by atoms with Crippen LogP contribution in [0.1, 0.15) is 26.7 Å². The number of rotatable bonds is 5. The van der Waals surface area contributed by atoms with Gasteiger partial charge in [0.1, 0.15) is 5.76 Å². The van der Waals surface area contributed by atoms with Crippen molar-refractivity contribution in [1.82, 2.24) is 10.2 Å². The molecule has 0 fully saturated rings. The summed E-state index contributed by atoms with van der Waals surface area (Å²) in [6.07, 6.45) is 1.61. The number of carbonyl (C=O) groups excluding carboxylic acids is 1. The predicted molar refractivity (Wildman–Crippen MR) is 70.1 cm³/mol. The molecule has 0 bridgehead atoms. The van der Waals surface area contributed by atoms with E-state index in [4.69, 9.17) is 4.74 Å². The number of ether oxygens (including phenoxy) is 1. The van der Waals surface area contributed by atoms with Crippen molar-refractivity contribution in [2.45, 2.75) is 32.3 Å². The molecule has 5 heteroatoms. The van der Waals surface area contributed by atoms with Gasteiger partial charge in [0, 0.05) is 13.1 Å². The van der Waals surface area contributed by atoms with Crippen LogP contribution in [0.15, 0.2) is 11.3 Å². The number of nitrogens with zero attached hydrogens (tertiary/aromatic N) is 1. The van der Waals surface area contributed by atoms with E-state index in [0.29, 0.717) is 24.5 Å². The predicted octanol–water partition coefficient (Wildman–Crippen LogP) is 0.500. The fourth-order valence-corrected chi connectivity index (χ4v) is 2.13. The smallest absolute Gasteiger partial charge is 0.250 e. The highest BCUT2D eigenvalue weighted by atomic mass is 16.5. The molecule has 0 aliphatic carbocycles. The van der Waals surface area contributed by atoms with Crippen LogP contribution in [0.25, 0.3) is 0 Å². The first kappa shape index (κ1) is 15.0. The third-order valence-electron chi connectivity index (χ3n) is 2.88. The molecule has 104 valence electrons. The number of aliphatic hydroxyl groups is 1. The Labute approximate surface area is 109 Å². The molecule has 1 unspecified atom stereocenters. The second-order valence-corrected chi connectivity index (χ2v) is 5.40. The maximum Gasteiger partial charge on any atom is 0.250 e. The van der Waals surface area contributed by atoms with Gasteiger partial charge in [-0.05, 0) is 40.8 Å². The molecule has 18 heavy (non-hydrogen) atoms. The number of amides is 1. The summed E-state index contributed by atoms with van der Waals surface area (Å²) in [5, 5.41) is 12.9. The van der Waals surface area contributed by atoms with Gasteiger partial charge in [-0.25, -0.2) is 0 Å². The Balaban J connectivity index is 2.50. The normalized spacial score (nSPS) is 19.4. The van der Waals surface area contributed by atoms with Crippen molar-refractivity contribution in [3.05, 3.63) is 11.3 Å². The molecule has 2 N–H and O–H groups in total. The highest BCUT2D eigenvalue weighted by Crippen LogP contribution is 2.18. The van der Waals surface area contributed by atoms with Gasteiger partial charge < -0.3 is 20.1 Å². The largest absolute Gasteiger partial charge is 0.498 e. The number of carbonyl (C=O) groups is 1. The summed E-state index contributed by atoms with van der Waals surface area (Å²) < 4.78 is 5.36. The lowest BCUT2D eigenvalue weighted by molar-refractivity contribution is -0.119. The second kappa shape index (κ2) is 6.20. The summed E-state index contributed by atoms with van der Waals surface area (Å²) in [6.45, 7) is 4.95. The van der Waals surface area contributed by atoms with E-state index in [0.717, 1.165) is 12.8 Å². The molecule has 5 nitrogen and oxygen atoms in total. The fourth-order valence-electron chi connectivity index (χ4n) is 2.13. The Bertz CT molecular complexity index is 335. The van der Waals surface area contributed by atoms with Crippen LogP contribution in [0.4, 0.5) is 0 Å². The molecule has 1 aliphatic heterocycles. The van der Waals surface area contributed by atoms with E-state index in [-0.39, 0.29) is 12.5 Å². The Hall–Kier alpha value is -1.07. The Morgan fingerprint density at radius 2 is 2.22 bits per heavy atom. The van der Waals surface area contributed by atoms with Gasteiger partial charge in [-0.15, -0.1) is 0 Å². The van der Waals surface area contributed by atoms with Crippen LogP contribution < -0.4 is 5.32 Å². The zero-order valence-electron chi connectivity index (χ0n) is 11.7. The molecule has 0 aromatic carbocycles. The van der Waals surface area contributed by atoms with Crippen molar-refractivity contribution in [3.8, 4) is 0 Å². The lowest BCUT2D eigenvalue weighted by atomic mass is 10.0. The zero-order chi connectivity index (χ0) is 13.8. The van der Waals surface area contributed by atoms with Crippen LogP contribution in [-0.2, 0) is 9.53 Å². The number of nitrogens with one attached hydrogen (secondary N) is 1. The Kier molecular flexibility index (Phi) is 5.16. The molecule has 1 heterocycles. The molecule has 0 aromatic rings. The number of allylic oxidation sites excluding steroid dienone is 1. The maximum atomic E-state index is 12.0. The minimum atomic E-state index is -0.927. The van der Waals surface area contributed by atoms with Crippen molar-refractivity contribution in [2.75, 3.05) is 33.8 Å². The average molecular weight is 256 g/mol. The molecule has 0 saturated carbocycles. The third kappa shape index (κ3) is 4.66. The first-order chi connectivity index (χ1) is 8.32. The van der Waals surface area contributed by atoms with E-state index in [1.54, 1.807) is 6.92 Å². The van der Waals surface area contributed by atoms with Crippen molar-refractivity contribution in [3.63, 3.8) is 0 Å². The summed E-state index contributed by atoms with van der Waals surface area (Å²) >= 11 is 0. The summed E-state index contributed by atoms with van der Waals surface area (Å²) in [5.74, 6) is 0.567. The van der Waals surface area contributed by atoms with E-state index < -0.39 is 5.60 Å². The van der Waals surface area contributed by atoms with Crippen LogP contribution in [0.5, 0.6) is 0 Å². The molecular formula is C13H24N2O3. The number of hydrogen-bond acceptors (Lipinski definition) is 4. The molecule has 0 radical (unpaired) electrons. The highest BCUT2D eigenvalue weighted by molar-refractivity contribution is 5.93. The quantitative estimate of drug-likeness (QED) is 0.752. The molecule has 0 saturated heterocycles. The zero-order valence-corrected chi connectivity index (χ0v) is 11.7. The van der Waals surface area contributed by atoms with Gasteiger partial charge in [0.25, 0.3) is 5.91 Å². The van der Waals surface area contributed by atoms with Crippen molar-refractivity contribution < 1.29 is 14.6 Å². The fraction of sp³-hybridized carbons (Fsp3) is 0.769. The molecule has 0 aromatic heterocycles. The summed E-state index contributed by atoms with van der Waals surface area (Å²) in [5.41, 5.74) is -0.231. The van der Waals surface area contributed by atoms with Crippen molar-refractivity contribution >= 4 is 5.91 Å². The number of hydrogen-bond donors (Lipinski definition) is 2. The van der Waals surface area contributed by atoms with Crippen LogP contribution in [0.2, 0.25) is 0 Å². The van der Waals surface area contributed by atoms with Crippen LogP contribution >= 0.6 is 0 Å². The van der Waals surface area contributed by atoms with E-state index in [2.05, 4.69) is 5.32 Å². The number of likely N-dealkylation sites (N-methyl/N-ethyl adjacent to an activating group) is 1. The van der Waals surface area contributed by atoms with Crippen LogP contribution in [0, 0.1) is 0 Å². The van der Waals surface area contributed by atoms with Crippen molar-refractivity contribution in [1.29, 1.82) is 0 Å². The first-order valence-corrected chi connectivity index (χ1v) is 6.30. The minimum absolute atomic E-state index is 0.133. The summed E-state index contributed by atoms with van der Waals surface area (Å²) in [4.78, 5) is 13.9. The van der Waals surface area contributed by atoms with E-state index in [1.165, 1.54) is 0 Å². The lowest BCUT2D eigenvalue weighted by Crippen LogP contribution is -2.47. The average Bonchev–Trinajstić information content (AvgIpc) is 2.25. The van der Waals surface area contributed by atoms with Crippen LogP contribution in [-0.4, -0.2) is 55.3 Å². The van der Waals surface area contributed by atoms with Gasteiger partial charge >= 0.3 is 0 Å². The van der Waals surface area contributed by atoms with E-state index in [1.807, 2.05) is 25.9 Å². The van der Waals surface area contributed by atoms with E-state index in [9.17, 15) is 9.90 Å². The maximum absolute atomic E-state index is 12.0. The van der Waals surface area contributed by atoms with Gasteiger partial charge in [-0.3, -0.25) is 4.79 Å². The molecule has 1 amide bonds. The topological polar surface area (TPSA) is 61.8 Å². The second-order valence-electron chi connectivity index (χ2n) is 5.40. The van der Waals surface area contributed by atoms with Gasteiger partial charge in [0.15, 0.2) is 0 Å². The first-order valence-electron chi connectivity index (χ1n) is 6.30. The minimum Gasteiger partial charge on any atom is -0.498 e. The van der Waals surface area contributed by atoms with Gasteiger partial charge in [0.05, 0.1) is 17.8 Å². The monoisotopic (exact) mass is 256 g/mol. The van der Waals surface area contributed by atoms with Gasteiger partial charge in [0.2, 0.25) is 0 Å². The third-order valence-corrected chi connectivity index (χ3v) is 2.88. The Morgan fingerprint density at radius 1 is 1.56 bits per heavy atom. The standard InChI is InChI=1S/C13H24N2O3/c1-10-11(6-5-7-18-10)12(16)14-8-13(2,17)9-15(3)4/h17H,5-9H2,1-4H3,(H,14,16). The lowest BCUT2D eigenvalue weighted by Gasteiger charge is -2.27. The SMILES string of the molecule is CC1=C(C(=O)NCC(C)(O)CN(C)C)CCCO1. The summed E-state index contributed by atoms with van der Waals surface area (Å²) in [7, 11) is 3.77. The van der Waals surface area contributed by atoms with E-state index >= 15 is 0 Å². The van der Waals surface area contributed by atoms with Crippen LogP contribution in [0.3, 0.4) is 0 Å². The van der Waals surface area contributed by atoms with Gasteiger partial charge in [-0.1, -0.05) is 0 Å². The Morgan fingerprint density at radius 3 is 2.78 bits per heavy atom. The molecule has 1 rings (SSSR count).